The Labute approximate surface area is 387 Å². The summed E-state index contributed by atoms with van der Waals surface area (Å²) in [5.74, 6) is 2.90. The third-order valence-electron chi connectivity index (χ3n) is 10.9. The molecular formula is C46H56N5O12PS2. The third-order valence-corrected chi connectivity index (χ3v) is 13.8. The number of hydrogen-bond donors (Lipinski definition) is 4. The molecule has 66 heavy (non-hydrogen) atoms. The second kappa shape index (κ2) is 21.5. The Morgan fingerprint density at radius 1 is 0.909 bits per heavy atom. The SMILES string of the molecule is COc1cc(Cc2cc(Oc3ccc(NC(=O)Nc4cc(C(C)(C)C)cc(N(CCOP(=O)(O)O)S(C)(=O)=O)c4OC)c4ccccc34)ccn2)ccc1C(=O)CCCN1CCS(=O)CC1. The number of phosphoric ester groups is 1. The number of aromatic nitrogens is 1. The predicted molar refractivity (Wildman–Crippen MR) is 256 cm³/mol. The second-order valence-electron chi connectivity index (χ2n) is 16.7. The number of methoxy groups -OCH3 is 2. The third kappa shape index (κ3) is 13.4. The monoisotopic (exact) mass is 965 g/mol. The number of amides is 2. The molecule has 354 valence electrons. The number of sulfonamides is 1. The number of carbonyl (C=O) groups excluding carboxylic acids is 2. The highest BCUT2D eigenvalue weighted by Crippen LogP contribution is 2.43. The average Bonchev–Trinajstić information content (AvgIpc) is 3.25. The van der Waals surface area contributed by atoms with Gasteiger partial charge in [0.1, 0.15) is 17.2 Å². The van der Waals surface area contributed by atoms with Crippen molar-refractivity contribution in [2.45, 2.75) is 45.4 Å². The molecule has 1 fully saturated rings. The van der Waals surface area contributed by atoms with Crippen LogP contribution in [0.25, 0.3) is 10.8 Å². The minimum absolute atomic E-state index is 0.00671. The molecule has 0 atom stereocenters. The highest BCUT2D eigenvalue weighted by Gasteiger charge is 2.29. The van der Waals surface area contributed by atoms with Crippen LogP contribution in [0, 0.1) is 0 Å². The van der Waals surface area contributed by atoms with Crippen molar-refractivity contribution in [3.05, 3.63) is 107 Å². The Bertz CT molecular complexity index is 2750. The summed E-state index contributed by atoms with van der Waals surface area (Å²) in [7, 11) is -6.82. The van der Waals surface area contributed by atoms with Crippen molar-refractivity contribution < 1.29 is 55.3 Å². The van der Waals surface area contributed by atoms with Crippen LogP contribution in [0.3, 0.4) is 0 Å². The molecule has 0 bridgehead atoms. The molecule has 17 nitrogen and oxygen atoms in total. The van der Waals surface area contributed by atoms with Crippen molar-refractivity contribution in [3.8, 4) is 23.0 Å². The molecule has 1 aliphatic heterocycles. The van der Waals surface area contributed by atoms with Crippen molar-refractivity contribution in [1.29, 1.82) is 0 Å². The summed E-state index contributed by atoms with van der Waals surface area (Å²) in [4.78, 5) is 52.2. The van der Waals surface area contributed by atoms with E-state index in [1.165, 1.54) is 7.11 Å². The highest BCUT2D eigenvalue weighted by molar-refractivity contribution is 7.92. The van der Waals surface area contributed by atoms with Gasteiger partial charge in [-0.15, -0.1) is 0 Å². The van der Waals surface area contributed by atoms with Crippen LogP contribution in [0.1, 0.15) is 60.8 Å². The van der Waals surface area contributed by atoms with Crippen LogP contribution >= 0.6 is 7.82 Å². The van der Waals surface area contributed by atoms with Crippen molar-refractivity contribution in [2.24, 2.45) is 0 Å². The summed E-state index contributed by atoms with van der Waals surface area (Å²) in [5, 5.41) is 7.06. The van der Waals surface area contributed by atoms with Gasteiger partial charge in [-0.25, -0.2) is 17.8 Å². The van der Waals surface area contributed by atoms with Gasteiger partial charge < -0.3 is 39.5 Å². The van der Waals surface area contributed by atoms with E-state index in [1.54, 1.807) is 49.7 Å². The fraction of sp³-hybridized carbons (Fsp3) is 0.370. The van der Waals surface area contributed by atoms with Gasteiger partial charge in [-0.2, -0.15) is 0 Å². The standard InChI is InChI=1S/C46H56N5O12PS2/c1-46(2,3)32-28-39(44(61-5)40(29-32)51(66(6,58)59)20-23-62-64(54,55)56)49-45(53)48-38-15-16-42(36-11-8-7-10-35(36)38)63-34-17-18-47-33(30-34)26-31-13-14-37(43(27-31)60-4)41(52)12-9-19-50-21-24-65(57)25-22-50/h7-8,10-11,13-18,27-30H,9,12,19-26H2,1-6H3,(H2,48,49,53)(H2,54,55,56). The van der Waals surface area contributed by atoms with Crippen LogP contribution in [0.15, 0.2) is 85.1 Å². The number of urea groups is 1. The Hall–Kier alpha value is -5.40. The minimum atomic E-state index is -4.89. The number of Topliss-reactive ketones (excluding diaryl/α,β-unsaturated/α-hetero) is 1. The van der Waals surface area contributed by atoms with E-state index < -0.39 is 53.2 Å². The lowest BCUT2D eigenvalue weighted by Gasteiger charge is -2.29. The van der Waals surface area contributed by atoms with Gasteiger partial charge in [-0.1, -0.05) is 51.1 Å². The van der Waals surface area contributed by atoms with E-state index in [1.807, 2.05) is 63.2 Å². The number of pyridine rings is 1. The van der Waals surface area contributed by atoms with Crippen LogP contribution < -0.4 is 29.1 Å². The number of hydrogen-bond acceptors (Lipinski definition) is 12. The van der Waals surface area contributed by atoms with Gasteiger partial charge in [0.05, 0.1) is 56.3 Å². The van der Waals surface area contributed by atoms with Crippen molar-refractivity contribution in [1.82, 2.24) is 9.88 Å². The smallest absolute Gasteiger partial charge is 0.469 e. The molecule has 2 heterocycles. The van der Waals surface area contributed by atoms with Gasteiger partial charge in [-0.05, 0) is 72.0 Å². The summed E-state index contributed by atoms with van der Waals surface area (Å²) in [6, 6.07) is 22.5. The Morgan fingerprint density at radius 2 is 1.62 bits per heavy atom. The fourth-order valence-electron chi connectivity index (χ4n) is 7.52. The van der Waals surface area contributed by atoms with Gasteiger partial charge in [-0.3, -0.25) is 22.8 Å². The van der Waals surface area contributed by atoms with Gasteiger partial charge in [0.2, 0.25) is 10.0 Å². The minimum Gasteiger partial charge on any atom is -0.496 e. The summed E-state index contributed by atoms with van der Waals surface area (Å²) in [5.41, 5.74) is 2.85. The molecule has 0 spiro atoms. The number of nitrogens with one attached hydrogen (secondary N) is 2. The molecule has 0 saturated carbocycles. The number of ether oxygens (including phenoxy) is 3. The first-order chi connectivity index (χ1) is 31.2. The number of fused-ring (bicyclic) bond motifs is 1. The summed E-state index contributed by atoms with van der Waals surface area (Å²) < 4.78 is 72.3. The molecule has 5 aromatic rings. The van der Waals surface area contributed by atoms with Crippen molar-refractivity contribution in [3.63, 3.8) is 0 Å². The first-order valence-electron chi connectivity index (χ1n) is 21.1. The molecule has 20 heteroatoms. The maximum Gasteiger partial charge on any atom is 0.469 e. The average molecular weight is 966 g/mol. The molecule has 0 unspecified atom stereocenters. The van der Waals surface area contributed by atoms with E-state index in [-0.39, 0.29) is 22.9 Å². The van der Waals surface area contributed by atoms with Crippen LogP contribution in [0.4, 0.5) is 21.9 Å². The number of benzene rings is 4. The van der Waals surface area contributed by atoms with Crippen molar-refractivity contribution >= 4 is 68.3 Å². The quantitative estimate of drug-likeness (QED) is 0.0466. The van der Waals surface area contributed by atoms with Gasteiger partial charge >= 0.3 is 13.9 Å². The van der Waals surface area contributed by atoms with E-state index in [4.69, 9.17) is 14.2 Å². The summed E-state index contributed by atoms with van der Waals surface area (Å²) >= 11 is 0. The van der Waals surface area contributed by atoms with Crippen LogP contribution in [-0.4, -0.2) is 109 Å². The van der Waals surface area contributed by atoms with Crippen LogP contribution in [0.2, 0.25) is 0 Å². The lowest BCUT2D eigenvalue weighted by atomic mass is 9.86. The Balaban J connectivity index is 1.17. The first kappa shape index (κ1) is 50.0. The summed E-state index contributed by atoms with van der Waals surface area (Å²) in [6.07, 6.45) is 4.14. The zero-order chi connectivity index (χ0) is 47.8. The zero-order valence-corrected chi connectivity index (χ0v) is 40.3. The zero-order valence-electron chi connectivity index (χ0n) is 37.7. The van der Waals surface area contributed by atoms with Crippen LogP contribution in [-0.2, 0) is 41.7 Å². The topological polar surface area (TPSA) is 223 Å². The Kier molecular flexibility index (Phi) is 16.3. The lowest BCUT2D eigenvalue weighted by molar-refractivity contribution is 0.0972. The van der Waals surface area contributed by atoms with Gasteiger partial charge in [0, 0.05) is 77.0 Å². The number of carbonyl (C=O) groups is 2. The largest absolute Gasteiger partial charge is 0.496 e. The number of ketones is 1. The molecule has 4 N–H and O–H groups in total. The van der Waals surface area contributed by atoms with Gasteiger partial charge in [0.15, 0.2) is 11.5 Å². The number of phosphoric acid groups is 1. The molecule has 6 rings (SSSR count). The van der Waals surface area contributed by atoms with E-state index in [0.29, 0.717) is 75.6 Å². The maximum absolute atomic E-state index is 13.8. The van der Waals surface area contributed by atoms with Crippen LogP contribution in [0.5, 0.6) is 23.0 Å². The molecular weight excluding hydrogens is 910 g/mol. The number of nitrogens with zero attached hydrogens (tertiary/aromatic N) is 3. The molecule has 0 aliphatic carbocycles. The molecule has 2 amide bonds. The first-order valence-corrected chi connectivity index (χ1v) is 26.0. The van der Waals surface area contributed by atoms with E-state index in [0.717, 1.165) is 41.5 Å². The van der Waals surface area contributed by atoms with E-state index >= 15 is 0 Å². The fourth-order valence-corrected chi connectivity index (χ4v) is 9.86. The van der Waals surface area contributed by atoms with E-state index in [9.17, 15) is 36.6 Å². The molecule has 1 saturated heterocycles. The number of rotatable bonds is 19. The van der Waals surface area contributed by atoms with Crippen molar-refractivity contribution in [2.75, 3.05) is 79.7 Å². The molecule has 0 radical (unpaired) electrons. The summed E-state index contributed by atoms with van der Waals surface area (Å²) in [6.45, 7) is 7.00. The predicted octanol–water partition coefficient (Wildman–Crippen LogP) is 7.48. The molecule has 4 aromatic carbocycles. The second-order valence-corrected chi connectivity index (χ2v) is 21.6. The van der Waals surface area contributed by atoms with Gasteiger partial charge in [0.25, 0.3) is 0 Å². The lowest BCUT2D eigenvalue weighted by Crippen LogP contribution is -2.38. The molecule has 1 aromatic heterocycles. The maximum atomic E-state index is 13.8. The normalized spacial score (nSPS) is 13.9. The van der Waals surface area contributed by atoms with E-state index in [2.05, 4.69) is 25.0 Å². The Morgan fingerprint density at radius 3 is 2.29 bits per heavy atom. The number of anilines is 3. The highest BCUT2D eigenvalue weighted by atomic mass is 32.2. The molecule has 1 aliphatic rings.